The van der Waals surface area contributed by atoms with Crippen LogP contribution in [0.25, 0.3) is 0 Å². The molecule has 27 heavy (non-hydrogen) atoms. The molecule has 3 rings (SSSR count). The van der Waals surface area contributed by atoms with Gasteiger partial charge in [0.1, 0.15) is 0 Å². The number of hydrogen-bond acceptors (Lipinski definition) is 2. The van der Waals surface area contributed by atoms with E-state index in [1.54, 1.807) is 36.7 Å². The van der Waals surface area contributed by atoms with E-state index >= 15 is 0 Å². The smallest absolute Gasteiger partial charge is 0.872 e. The maximum atomic E-state index is 12.0. The summed E-state index contributed by atoms with van der Waals surface area (Å²) < 4.78 is 1.77. The van der Waals surface area contributed by atoms with Crippen molar-refractivity contribution >= 4 is 82.0 Å². The van der Waals surface area contributed by atoms with Crippen molar-refractivity contribution in [2.24, 2.45) is 0 Å². The van der Waals surface area contributed by atoms with E-state index in [0.717, 1.165) is 34.6 Å². The first-order valence-corrected chi connectivity index (χ1v) is 10.2. The zero-order valence-electron chi connectivity index (χ0n) is 14.9. The molecule has 2 aromatic carbocycles. The predicted octanol–water partition coefficient (Wildman–Crippen LogP) is -0.0116. The van der Waals surface area contributed by atoms with Crippen LogP contribution >= 0.6 is 31.9 Å². The Hall–Kier alpha value is -0.400. The molecule has 0 bridgehead atoms. The summed E-state index contributed by atoms with van der Waals surface area (Å²) >= 11 is 6.80. The summed E-state index contributed by atoms with van der Waals surface area (Å²) in [6.45, 7) is 0. The Kier molecular flexibility index (Phi) is 9.29. The Morgan fingerprint density at radius 2 is 1.19 bits per heavy atom. The minimum absolute atomic E-state index is 0. The molecule has 4 nitrogen and oxygen atoms in total. The van der Waals surface area contributed by atoms with Crippen LogP contribution in [0.1, 0.15) is 36.8 Å². The zero-order chi connectivity index (χ0) is 18.5. The number of benzene rings is 2. The maximum absolute atomic E-state index is 12.0. The summed E-state index contributed by atoms with van der Waals surface area (Å²) in [5, 5.41) is 23.9. The first-order chi connectivity index (χ1) is 12.5. The molecule has 2 aromatic rings. The number of nitrogens with one attached hydrogen (secondary N) is 2. The van der Waals surface area contributed by atoms with Crippen molar-refractivity contribution in [1.29, 1.82) is 0 Å². The molecule has 0 unspecified atom stereocenters. The summed E-state index contributed by atoms with van der Waals surface area (Å²) in [5.74, 6) is -0.00423. The van der Waals surface area contributed by atoms with Gasteiger partial charge in [0.15, 0.2) is 12.4 Å². The molecule has 2 N–H and O–H groups in total. The molecule has 0 aromatic heterocycles. The van der Waals surface area contributed by atoms with E-state index in [9.17, 15) is 10.2 Å². The molecular weight excluding hydrogens is 500 g/mol. The Morgan fingerprint density at radius 1 is 0.778 bits per heavy atom. The van der Waals surface area contributed by atoms with Gasteiger partial charge in [-0.1, -0.05) is 55.5 Å². The van der Waals surface area contributed by atoms with Gasteiger partial charge in [-0.2, -0.15) is 0 Å². The van der Waals surface area contributed by atoms with E-state index in [0.29, 0.717) is 11.1 Å². The molecule has 7 heteroatoms. The molecule has 1 saturated carbocycles. The number of hydrogen-bond donors (Lipinski definition) is 2. The molecule has 0 aliphatic heterocycles. The third-order valence-corrected chi connectivity index (χ3v) is 5.60. The van der Waals surface area contributed by atoms with Crippen molar-refractivity contribution in [3.8, 4) is 11.5 Å². The van der Waals surface area contributed by atoms with Gasteiger partial charge in [0.25, 0.3) is 0 Å². The summed E-state index contributed by atoms with van der Waals surface area (Å²) in [6.07, 6.45) is 7.94. The van der Waals surface area contributed by atoms with Crippen LogP contribution in [0.4, 0.5) is 0 Å². The first kappa shape index (κ1) is 22.9. The van der Waals surface area contributed by atoms with E-state index in [2.05, 4.69) is 41.8 Å². The van der Waals surface area contributed by atoms with E-state index in [4.69, 9.17) is 0 Å². The van der Waals surface area contributed by atoms with Gasteiger partial charge < -0.3 is 10.2 Å². The quantitative estimate of drug-likeness (QED) is 0.440. The second-order valence-electron chi connectivity index (χ2n) is 6.48. The van der Waals surface area contributed by atoms with Crippen LogP contribution in [-0.4, -0.2) is 62.3 Å². The van der Waals surface area contributed by atoms with Gasteiger partial charge in [0.2, 0.25) is 12.1 Å². The van der Waals surface area contributed by atoms with E-state index in [1.165, 1.54) is 0 Å². The van der Waals surface area contributed by atoms with E-state index < -0.39 is 0 Å². The van der Waals surface area contributed by atoms with Gasteiger partial charge in [-0.05, 0) is 37.1 Å². The van der Waals surface area contributed by atoms with Crippen LogP contribution in [0.3, 0.4) is 0 Å². The molecule has 0 saturated heterocycles. The maximum Gasteiger partial charge on any atom is 2.00 e. The van der Waals surface area contributed by atoms with Gasteiger partial charge in [-0.3, -0.25) is 0 Å². The van der Waals surface area contributed by atoms with Gasteiger partial charge in [0, 0.05) is 32.9 Å². The molecule has 0 spiro atoms. The van der Waals surface area contributed by atoms with Crippen LogP contribution in [0.2, 0.25) is 0 Å². The molecule has 0 amide bonds. The number of rotatable bonds is 4. The van der Waals surface area contributed by atoms with Gasteiger partial charge >= 0.3 is 37.7 Å². The molecule has 2 atom stereocenters. The number of halogens is 2. The predicted molar refractivity (Wildman–Crippen MR) is 111 cm³/mol. The molecule has 1 aliphatic carbocycles. The fourth-order valence-corrected chi connectivity index (χ4v) is 3.95. The summed E-state index contributed by atoms with van der Waals surface area (Å²) in [5.41, 5.74) is 1.28. The monoisotopic (exact) mass is 518 g/mol. The molecule has 1 fully saturated rings. The molecular formula is C20H20Br2CaN2O2+2. The topological polar surface area (TPSA) is 74.1 Å². The van der Waals surface area contributed by atoms with Gasteiger partial charge in [0.05, 0.1) is 0 Å². The Bertz CT molecular complexity index is 773. The Labute approximate surface area is 206 Å². The Balaban J connectivity index is 0.00000261. The van der Waals surface area contributed by atoms with Crippen molar-refractivity contribution in [2.45, 2.75) is 37.8 Å². The fourth-order valence-electron chi connectivity index (χ4n) is 3.19. The molecule has 136 valence electrons. The van der Waals surface area contributed by atoms with Crippen molar-refractivity contribution in [3.63, 3.8) is 0 Å². The third kappa shape index (κ3) is 6.57. The minimum atomic E-state index is -0.00212. The van der Waals surface area contributed by atoms with E-state index in [1.807, 2.05) is 12.1 Å². The van der Waals surface area contributed by atoms with Crippen LogP contribution < -0.4 is 20.2 Å². The normalized spacial score (nSPS) is 20.1. The van der Waals surface area contributed by atoms with Crippen molar-refractivity contribution in [1.82, 2.24) is 0 Å². The van der Waals surface area contributed by atoms with Crippen molar-refractivity contribution in [2.75, 3.05) is 0 Å². The average molecular weight is 520 g/mol. The van der Waals surface area contributed by atoms with E-state index in [-0.39, 0.29) is 61.3 Å². The third-order valence-electron chi connectivity index (χ3n) is 4.62. The van der Waals surface area contributed by atoms with Crippen LogP contribution in [0.5, 0.6) is 11.5 Å². The Morgan fingerprint density at radius 3 is 1.59 bits per heavy atom. The average Bonchev–Trinajstić information content (AvgIpc) is 2.64. The SMILES string of the molecule is [Ca+2].[O-]c1ccc(Br)cc1C=[NH+][C@@H]1CCCC[C@H]1[NH+]=Cc1cc(Br)ccc1[O-]. The standard InChI is InChI=1S/C20H20Br2N2O2.Ca/c21-15-5-7-19(25)13(9-15)11-23-17-3-1-2-4-18(17)24-12-14-10-16(22)6-8-20(14)26;/h5-12,17-18,25-26H,1-4H2;/q;+2/t17-,18-;/m1./s1. The summed E-state index contributed by atoms with van der Waals surface area (Å²) in [7, 11) is 0. The molecule has 0 heterocycles. The summed E-state index contributed by atoms with van der Waals surface area (Å²) in [4.78, 5) is 6.81. The second-order valence-corrected chi connectivity index (χ2v) is 8.32. The van der Waals surface area contributed by atoms with Gasteiger partial charge in [-0.15, -0.1) is 0 Å². The minimum Gasteiger partial charge on any atom is -0.872 e. The zero-order valence-corrected chi connectivity index (χ0v) is 20.3. The van der Waals surface area contributed by atoms with Crippen LogP contribution in [0.15, 0.2) is 45.3 Å². The first-order valence-electron chi connectivity index (χ1n) is 8.64. The van der Waals surface area contributed by atoms with Crippen LogP contribution in [-0.2, 0) is 0 Å². The van der Waals surface area contributed by atoms with Crippen molar-refractivity contribution in [3.05, 3.63) is 56.5 Å². The van der Waals surface area contributed by atoms with Crippen molar-refractivity contribution < 1.29 is 20.2 Å². The largest absolute Gasteiger partial charge is 2.00 e. The fraction of sp³-hybridized carbons (Fsp3) is 0.300. The summed E-state index contributed by atoms with van der Waals surface area (Å²) in [6, 6.07) is 10.7. The van der Waals surface area contributed by atoms with Crippen LogP contribution in [0, 0.1) is 0 Å². The van der Waals surface area contributed by atoms with Gasteiger partial charge in [-0.25, -0.2) is 9.98 Å². The second kappa shape index (κ2) is 11.0. The molecule has 0 radical (unpaired) electrons. The molecule has 1 aliphatic rings.